The molecule has 1 saturated heterocycles. The number of ether oxygens (including phenoxy) is 4. The summed E-state index contributed by atoms with van der Waals surface area (Å²) in [7, 11) is 3.05. The standard InChI is InChI=1S/C27H23NO7/c1-32-18-10-7-16(8-11-18)25(29)23-24(19-5-3-4-6-20(19)33-2)28(27(31)26(23)30)17-9-12-21-22(15-17)35-14-13-34-21/h3-12,15,24,29H,13-14H2,1-2H3/b25-23+. The molecule has 178 valence electrons. The van der Waals surface area contributed by atoms with Gasteiger partial charge < -0.3 is 24.1 Å². The molecule has 3 aromatic rings. The van der Waals surface area contributed by atoms with E-state index in [4.69, 9.17) is 18.9 Å². The highest BCUT2D eigenvalue weighted by Crippen LogP contribution is 2.46. The predicted octanol–water partition coefficient (Wildman–Crippen LogP) is 4.10. The zero-order valence-corrected chi connectivity index (χ0v) is 19.2. The molecule has 0 saturated carbocycles. The number of nitrogens with zero attached hydrogens (tertiary/aromatic N) is 1. The van der Waals surface area contributed by atoms with Crippen LogP contribution in [0.25, 0.3) is 5.76 Å². The van der Waals surface area contributed by atoms with Crippen molar-refractivity contribution in [2.45, 2.75) is 6.04 Å². The number of carbonyl (C=O) groups is 2. The summed E-state index contributed by atoms with van der Waals surface area (Å²) in [6, 6.07) is 17.8. The molecule has 2 heterocycles. The number of aliphatic hydroxyl groups is 1. The molecule has 1 fully saturated rings. The number of aliphatic hydroxyl groups excluding tert-OH is 1. The fourth-order valence-corrected chi connectivity index (χ4v) is 4.37. The maximum Gasteiger partial charge on any atom is 0.300 e. The van der Waals surface area contributed by atoms with Crippen LogP contribution in [0.1, 0.15) is 17.2 Å². The van der Waals surface area contributed by atoms with Gasteiger partial charge in [0.1, 0.15) is 30.5 Å². The number of amides is 1. The Morgan fingerprint density at radius 2 is 1.63 bits per heavy atom. The van der Waals surface area contributed by atoms with Crippen LogP contribution in [0.5, 0.6) is 23.0 Å². The summed E-state index contributed by atoms with van der Waals surface area (Å²) in [4.78, 5) is 28.1. The Kier molecular flexibility index (Phi) is 5.78. The number of hydrogen-bond acceptors (Lipinski definition) is 7. The zero-order valence-electron chi connectivity index (χ0n) is 19.2. The number of fused-ring (bicyclic) bond motifs is 1. The normalized spacial score (nSPS) is 18.5. The minimum absolute atomic E-state index is 0.0421. The molecule has 35 heavy (non-hydrogen) atoms. The number of ketones is 1. The number of benzene rings is 3. The van der Waals surface area contributed by atoms with Gasteiger partial charge in [0.25, 0.3) is 11.7 Å². The molecule has 3 aromatic carbocycles. The Hall–Kier alpha value is -4.46. The first-order valence-corrected chi connectivity index (χ1v) is 11.0. The van der Waals surface area contributed by atoms with Crippen LogP contribution in [0, 0.1) is 0 Å². The Morgan fingerprint density at radius 3 is 2.34 bits per heavy atom. The van der Waals surface area contributed by atoms with Crippen molar-refractivity contribution in [1.29, 1.82) is 0 Å². The van der Waals surface area contributed by atoms with Crippen molar-refractivity contribution in [2.24, 2.45) is 0 Å². The third-order valence-corrected chi connectivity index (χ3v) is 6.05. The van der Waals surface area contributed by atoms with E-state index < -0.39 is 17.7 Å². The Morgan fingerprint density at radius 1 is 0.914 bits per heavy atom. The second kappa shape index (κ2) is 9.06. The van der Waals surface area contributed by atoms with Gasteiger partial charge in [0, 0.05) is 22.9 Å². The first kappa shape index (κ1) is 22.3. The lowest BCUT2D eigenvalue weighted by atomic mass is 9.94. The fraction of sp³-hybridized carbons (Fsp3) is 0.185. The summed E-state index contributed by atoms with van der Waals surface area (Å²) < 4.78 is 22.0. The molecule has 2 aliphatic rings. The van der Waals surface area contributed by atoms with E-state index >= 15 is 0 Å². The average Bonchev–Trinajstić information content (AvgIpc) is 3.17. The van der Waals surface area contributed by atoms with Gasteiger partial charge in [0.15, 0.2) is 11.5 Å². The molecule has 0 spiro atoms. The van der Waals surface area contributed by atoms with Crippen molar-refractivity contribution in [3.63, 3.8) is 0 Å². The lowest BCUT2D eigenvalue weighted by Crippen LogP contribution is -2.30. The molecule has 2 aliphatic heterocycles. The number of anilines is 1. The van der Waals surface area contributed by atoms with Gasteiger partial charge in [0.05, 0.1) is 25.8 Å². The average molecular weight is 473 g/mol. The molecule has 5 rings (SSSR count). The van der Waals surface area contributed by atoms with Crippen LogP contribution in [0.15, 0.2) is 72.3 Å². The van der Waals surface area contributed by atoms with E-state index in [1.54, 1.807) is 66.7 Å². The maximum absolute atomic E-state index is 13.4. The molecule has 8 heteroatoms. The molecule has 0 aliphatic carbocycles. The smallest absolute Gasteiger partial charge is 0.300 e. The summed E-state index contributed by atoms with van der Waals surface area (Å²) in [6.07, 6.45) is 0. The number of carbonyl (C=O) groups excluding carboxylic acids is 2. The fourth-order valence-electron chi connectivity index (χ4n) is 4.37. The molecule has 0 radical (unpaired) electrons. The van der Waals surface area contributed by atoms with E-state index in [1.165, 1.54) is 19.1 Å². The number of hydrogen-bond donors (Lipinski definition) is 1. The topological polar surface area (TPSA) is 94.5 Å². The molecular formula is C27H23NO7. The second-order valence-electron chi connectivity index (χ2n) is 7.97. The van der Waals surface area contributed by atoms with Crippen molar-refractivity contribution >= 4 is 23.1 Å². The summed E-state index contributed by atoms with van der Waals surface area (Å²) in [5.41, 5.74) is 1.32. The van der Waals surface area contributed by atoms with Crippen molar-refractivity contribution in [2.75, 3.05) is 32.3 Å². The maximum atomic E-state index is 13.4. The van der Waals surface area contributed by atoms with Crippen LogP contribution in [-0.2, 0) is 9.59 Å². The van der Waals surface area contributed by atoms with Gasteiger partial charge >= 0.3 is 0 Å². The zero-order chi connectivity index (χ0) is 24.5. The minimum Gasteiger partial charge on any atom is -0.507 e. The molecule has 1 amide bonds. The van der Waals surface area contributed by atoms with Crippen LogP contribution in [0.2, 0.25) is 0 Å². The van der Waals surface area contributed by atoms with E-state index in [0.717, 1.165) is 0 Å². The van der Waals surface area contributed by atoms with Gasteiger partial charge in [-0.3, -0.25) is 14.5 Å². The van der Waals surface area contributed by atoms with Gasteiger partial charge in [-0.2, -0.15) is 0 Å². The second-order valence-corrected chi connectivity index (χ2v) is 7.97. The highest BCUT2D eigenvalue weighted by atomic mass is 16.6. The van der Waals surface area contributed by atoms with Crippen LogP contribution < -0.4 is 23.8 Å². The van der Waals surface area contributed by atoms with E-state index in [0.29, 0.717) is 53.0 Å². The quantitative estimate of drug-likeness (QED) is 0.339. The van der Waals surface area contributed by atoms with E-state index in [1.807, 2.05) is 0 Å². The number of Topliss-reactive ketones (excluding diaryl/α,β-unsaturated/α-hetero) is 1. The molecule has 8 nitrogen and oxygen atoms in total. The molecular weight excluding hydrogens is 450 g/mol. The monoisotopic (exact) mass is 473 g/mol. The van der Waals surface area contributed by atoms with E-state index in [2.05, 4.69) is 0 Å². The summed E-state index contributed by atoms with van der Waals surface area (Å²) >= 11 is 0. The lowest BCUT2D eigenvalue weighted by Gasteiger charge is -2.28. The SMILES string of the molecule is COc1ccc(/C(O)=C2\C(=O)C(=O)N(c3ccc4c(c3)OCCO4)C2c2ccccc2OC)cc1. The number of para-hydroxylation sites is 1. The molecule has 1 N–H and O–H groups in total. The van der Waals surface area contributed by atoms with Gasteiger partial charge in [-0.15, -0.1) is 0 Å². The van der Waals surface area contributed by atoms with Crippen LogP contribution in [-0.4, -0.2) is 44.2 Å². The molecule has 1 atom stereocenters. The predicted molar refractivity (Wildman–Crippen MR) is 128 cm³/mol. The van der Waals surface area contributed by atoms with Gasteiger partial charge in [-0.1, -0.05) is 18.2 Å². The molecule has 0 aromatic heterocycles. The highest BCUT2D eigenvalue weighted by Gasteiger charge is 2.48. The third kappa shape index (κ3) is 3.82. The Labute approximate surface area is 201 Å². The summed E-state index contributed by atoms with van der Waals surface area (Å²) in [5, 5.41) is 11.3. The summed E-state index contributed by atoms with van der Waals surface area (Å²) in [5.74, 6) is 0.245. The minimum atomic E-state index is -0.934. The first-order valence-electron chi connectivity index (χ1n) is 11.0. The third-order valence-electron chi connectivity index (χ3n) is 6.05. The Bertz CT molecular complexity index is 1330. The van der Waals surface area contributed by atoms with Crippen molar-refractivity contribution in [3.8, 4) is 23.0 Å². The van der Waals surface area contributed by atoms with E-state index in [9.17, 15) is 14.7 Å². The highest BCUT2D eigenvalue weighted by molar-refractivity contribution is 6.51. The van der Waals surface area contributed by atoms with Gasteiger partial charge in [-0.05, 0) is 42.5 Å². The van der Waals surface area contributed by atoms with Crippen molar-refractivity contribution < 1.29 is 33.6 Å². The number of rotatable bonds is 5. The molecule has 1 unspecified atom stereocenters. The summed E-state index contributed by atoms with van der Waals surface area (Å²) in [6.45, 7) is 0.808. The molecule has 0 bridgehead atoms. The van der Waals surface area contributed by atoms with Crippen LogP contribution >= 0.6 is 0 Å². The lowest BCUT2D eigenvalue weighted by molar-refractivity contribution is -0.132. The van der Waals surface area contributed by atoms with Crippen molar-refractivity contribution in [1.82, 2.24) is 0 Å². The van der Waals surface area contributed by atoms with E-state index in [-0.39, 0.29) is 11.3 Å². The van der Waals surface area contributed by atoms with Crippen LogP contribution in [0.3, 0.4) is 0 Å². The van der Waals surface area contributed by atoms with Gasteiger partial charge in [0.2, 0.25) is 0 Å². The largest absolute Gasteiger partial charge is 0.507 e. The van der Waals surface area contributed by atoms with Crippen LogP contribution in [0.4, 0.5) is 5.69 Å². The van der Waals surface area contributed by atoms with Crippen molar-refractivity contribution in [3.05, 3.63) is 83.4 Å². The van der Waals surface area contributed by atoms with Gasteiger partial charge in [-0.25, -0.2) is 0 Å². The first-order chi connectivity index (χ1) is 17.0. The Balaban J connectivity index is 1.71. The number of methoxy groups -OCH3 is 2.